The molecule has 0 aromatic heterocycles. The van der Waals surface area contributed by atoms with Crippen LogP contribution in [0.5, 0.6) is 5.75 Å². The molecule has 2 amide bonds. The second-order valence-corrected chi connectivity index (χ2v) is 4.47. The molecule has 1 unspecified atom stereocenters. The number of methoxy groups -OCH3 is 1. The molecule has 6 heteroatoms. The fourth-order valence-electron chi connectivity index (χ4n) is 2.14. The van der Waals surface area contributed by atoms with E-state index in [1.807, 2.05) is 0 Å². The Morgan fingerprint density at radius 1 is 1.47 bits per heavy atom. The Bertz CT molecular complexity index is 422. The minimum absolute atomic E-state index is 0.0154. The van der Waals surface area contributed by atoms with Gasteiger partial charge in [-0.25, -0.2) is 9.80 Å². The summed E-state index contributed by atoms with van der Waals surface area (Å²) in [5.74, 6) is 0.742. The number of anilines is 1. The van der Waals surface area contributed by atoms with Crippen LogP contribution in [-0.4, -0.2) is 42.4 Å². The third kappa shape index (κ3) is 3.59. The number of hydrazine groups is 1. The summed E-state index contributed by atoms with van der Waals surface area (Å²) in [5, 5.41) is 13.7. The lowest BCUT2D eigenvalue weighted by molar-refractivity contribution is 0.123. The van der Waals surface area contributed by atoms with Gasteiger partial charge in [0.05, 0.1) is 19.8 Å². The Kier molecular flexibility index (Phi) is 4.59. The van der Waals surface area contributed by atoms with Gasteiger partial charge in [-0.05, 0) is 37.1 Å². The monoisotopic (exact) mass is 265 g/mol. The van der Waals surface area contributed by atoms with Gasteiger partial charge in [-0.1, -0.05) is 0 Å². The molecule has 6 nitrogen and oxygen atoms in total. The maximum absolute atomic E-state index is 11.8. The quantitative estimate of drug-likeness (QED) is 0.764. The van der Waals surface area contributed by atoms with Crippen LogP contribution in [-0.2, 0) is 0 Å². The van der Waals surface area contributed by atoms with Gasteiger partial charge < -0.3 is 15.2 Å². The summed E-state index contributed by atoms with van der Waals surface area (Å²) < 4.78 is 5.05. The number of aliphatic hydroxyl groups is 1. The van der Waals surface area contributed by atoms with E-state index in [2.05, 4.69) is 10.7 Å². The molecule has 1 aliphatic heterocycles. The minimum Gasteiger partial charge on any atom is -0.497 e. The number of hydrogen-bond acceptors (Lipinski definition) is 4. The van der Waals surface area contributed by atoms with E-state index in [0.717, 1.165) is 25.1 Å². The SMILES string of the molecule is COc1ccc(NC(=O)NN2CCCC2CO)cc1. The summed E-state index contributed by atoms with van der Waals surface area (Å²) in [7, 11) is 1.59. The Balaban J connectivity index is 1.86. The van der Waals surface area contributed by atoms with Crippen molar-refractivity contribution in [2.24, 2.45) is 0 Å². The summed E-state index contributed by atoms with van der Waals surface area (Å²) in [6.07, 6.45) is 1.88. The molecule has 1 fully saturated rings. The van der Waals surface area contributed by atoms with Gasteiger partial charge in [-0.3, -0.25) is 5.43 Å². The van der Waals surface area contributed by atoms with Gasteiger partial charge in [0.2, 0.25) is 0 Å². The summed E-state index contributed by atoms with van der Waals surface area (Å²) >= 11 is 0. The van der Waals surface area contributed by atoms with Crippen LogP contribution in [0.4, 0.5) is 10.5 Å². The van der Waals surface area contributed by atoms with Crippen LogP contribution < -0.4 is 15.5 Å². The molecule has 0 aliphatic carbocycles. The third-order valence-corrected chi connectivity index (χ3v) is 3.18. The lowest BCUT2D eigenvalue weighted by Gasteiger charge is -2.23. The maximum Gasteiger partial charge on any atom is 0.333 e. The summed E-state index contributed by atoms with van der Waals surface area (Å²) in [5.41, 5.74) is 3.44. The van der Waals surface area contributed by atoms with E-state index < -0.39 is 0 Å². The highest BCUT2D eigenvalue weighted by Crippen LogP contribution is 2.16. The van der Waals surface area contributed by atoms with Crippen LogP contribution in [0.15, 0.2) is 24.3 Å². The summed E-state index contributed by atoms with van der Waals surface area (Å²) in [6, 6.07) is 6.81. The van der Waals surface area contributed by atoms with Gasteiger partial charge in [0.15, 0.2) is 0 Å². The van der Waals surface area contributed by atoms with E-state index in [1.165, 1.54) is 0 Å². The summed E-state index contributed by atoms with van der Waals surface area (Å²) in [6.45, 7) is 0.823. The third-order valence-electron chi connectivity index (χ3n) is 3.18. The fourth-order valence-corrected chi connectivity index (χ4v) is 2.14. The molecule has 2 rings (SSSR count). The number of nitrogens with one attached hydrogen (secondary N) is 2. The Labute approximate surface area is 112 Å². The maximum atomic E-state index is 11.8. The van der Waals surface area contributed by atoms with Crippen molar-refractivity contribution < 1.29 is 14.6 Å². The molecule has 104 valence electrons. The van der Waals surface area contributed by atoms with Crippen molar-refractivity contribution in [2.45, 2.75) is 18.9 Å². The predicted molar refractivity (Wildman–Crippen MR) is 72.0 cm³/mol. The van der Waals surface area contributed by atoms with E-state index in [1.54, 1.807) is 36.4 Å². The first-order chi connectivity index (χ1) is 9.22. The van der Waals surface area contributed by atoms with E-state index in [0.29, 0.717) is 5.69 Å². The molecule has 1 aromatic rings. The molecule has 1 aromatic carbocycles. The van der Waals surface area contributed by atoms with Crippen molar-refractivity contribution in [3.8, 4) is 5.75 Å². The molecule has 0 spiro atoms. The molecular formula is C13H19N3O3. The first-order valence-corrected chi connectivity index (χ1v) is 6.32. The number of benzene rings is 1. The van der Waals surface area contributed by atoms with E-state index in [-0.39, 0.29) is 18.7 Å². The number of ether oxygens (including phenoxy) is 1. The molecule has 19 heavy (non-hydrogen) atoms. The van der Waals surface area contributed by atoms with Gasteiger partial charge in [0.1, 0.15) is 5.75 Å². The molecular weight excluding hydrogens is 246 g/mol. The van der Waals surface area contributed by atoms with Crippen LogP contribution in [0.2, 0.25) is 0 Å². The molecule has 0 bridgehead atoms. The average molecular weight is 265 g/mol. The minimum atomic E-state index is -0.300. The van der Waals surface area contributed by atoms with Gasteiger partial charge in [0, 0.05) is 12.2 Å². The van der Waals surface area contributed by atoms with Crippen molar-refractivity contribution in [2.75, 3.05) is 25.6 Å². The number of hydrogen-bond donors (Lipinski definition) is 3. The van der Waals surface area contributed by atoms with Crippen LogP contribution in [0.3, 0.4) is 0 Å². The molecule has 1 saturated heterocycles. The smallest absolute Gasteiger partial charge is 0.333 e. The lowest BCUT2D eigenvalue weighted by Crippen LogP contribution is -2.48. The van der Waals surface area contributed by atoms with Crippen molar-refractivity contribution in [1.29, 1.82) is 0 Å². The zero-order valence-corrected chi connectivity index (χ0v) is 10.9. The first-order valence-electron chi connectivity index (χ1n) is 6.32. The zero-order valence-electron chi connectivity index (χ0n) is 10.9. The van der Waals surface area contributed by atoms with Crippen LogP contribution in [0, 0.1) is 0 Å². The topological polar surface area (TPSA) is 73.8 Å². The Hall–Kier alpha value is -1.79. The number of aliphatic hydroxyl groups excluding tert-OH is 1. The number of nitrogens with zero attached hydrogens (tertiary/aromatic N) is 1. The number of rotatable bonds is 4. The highest BCUT2D eigenvalue weighted by Gasteiger charge is 2.24. The van der Waals surface area contributed by atoms with Crippen molar-refractivity contribution in [3.63, 3.8) is 0 Å². The van der Waals surface area contributed by atoms with Crippen molar-refractivity contribution in [1.82, 2.24) is 10.4 Å². The highest BCUT2D eigenvalue weighted by atomic mass is 16.5. The van der Waals surface area contributed by atoms with Gasteiger partial charge in [-0.2, -0.15) is 0 Å². The standard InChI is InChI=1S/C13H19N3O3/c1-19-12-6-4-10(5-7-12)14-13(18)15-16-8-2-3-11(16)9-17/h4-7,11,17H,2-3,8-9H2,1H3,(H2,14,15,18). The van der Waals surface area contributed by atoms with Crippen LogP contribution >= 0.6 is 0 Å². The van der Waals surface area contributed by atoms with Crippen LogP contribution in [0.25, 0.3) is 0 Å². The number of carbonyl (C=O) groups is 1. The molecule has 0 saturated carbocycles. The normalized spacial score (nSPS) is 19.2. The van der Waals surface area contributed by atoms with Gasteiger partial charge >= 0.3 is 6.03 Å². The van der Waals surface area contributed by atoms with Gasteiger partial charge in [0.25, 0.3) is 0 Å². The summed E-state index contributed by atoms with van der Waals surface area (Å²) in [4.78, 5) is 11.8. The molecule has 0 radical (unpaired) electrons. The number of carbonyl (C=O) groups excluding carboxylic acids is 1. The van der Waals surface area contributed by atoms with Crippen molar-refractivity contribution >= 4 is 11.7 Å². The predicted octanol–water partition coefficient (Wildman–Crippen LogP) is 1.19. The zero-order chi connectivity index (χ0) is 13.7. The Morgan fingerprint density at radius 2 is 2.21 bits per heavy atom. The Morgan fingerprint density at radius 3 is 2.84 bits per heavy atom. The average Bonchev–Trinajstić information content (AvgIpc) is 2.86. The lowest BCUT2D eigenvalue weighted by atomic mass is 10.2. The van der Waals surface area contributed by atoms with Gasteiger partial charge in [-0.15, -0.1) is 0 Å². The second kappa shape index (κ2) is 6.40. The fraction of sp³-hybridized carbons (Fsp3) is 0.462. The molecule has 3 N–H and O–H groups in total. The molecule has 1 heterocycles. The molecule has 1 atom stereocenters. The van der Waals surface area contributed by atoms with E-state index in [9.17, 15) is 4.79 Å². The molecule has 1 aliphatic rings. The van der Waals surface area contributed by atoms with Crippen LogP contribution in [0.1, 0.15) is 12.8 Å². The van der Waals surface area contributed by atoms with E-state index >= 15 is 0 Å². The second-order valence-electron chi connectivity index (χ2n) is 4.47. The first kappa shape index (κ1) is 13.6. The highest BCUT2D eigenvalue weighted by molar-refractivity contribution is 5.88. The van der Waals surface area contributed by atoms with E-state index in [4.69, 9.17) is 9.84 Å². The number of amides is 2. The largest absolute Gasteiger partial charge is 0.497 e. The number of urea groups is 1. The van der Waals surface area contributed by atoms with Crippen molar-refractivity contribution in [3.05, 3.63) is 24.3 Å².